The molecule has 0 unspecified atom stereocenters. The second-order valence-electron chi connectivity index (χ2n) is 18.7. The summed E-state index contributed by atoms with van der Waals surface area (Å²) < 4.78 is 50.3. The third-order valence-corrected chi connectivity index (χ3v) is 12.3. The lowest BCUT2D eigenvalue weighted by atomic mass is 9.86. The molecule has 2 N–H and O–H groups in total. The molecule has 2 aliphatic rings. The molecule has 2 aromatic carbocycles. The number of anilines is 2. The zero-order valence-electron chi connectivity index (χ0n) is 41.7. The predicted octanol–water partition coefficient (Wildman–Crippen LogP) is 10.1. The maximum atomic E-state index is 12.9. The molecule has 6 heterocycles. The molecule has 4 aromatic heterocycles. The maximum absolute atomic E-state index is 12.9. The van der Waals surface area contributed by atoms with Crippen LogP contribution in [0, 0.1) is 13.8 Å². The van der Waals surface area contributed by atoms with Crippen molar-refractivity contribution in [3.8, 4) is 29.5 Å². The van der Waals surface area contributed by atoms with Gasteiger partial charge in [0.15, 0.2) is 22.9 Å². The third kappa shape index (κ3) is 10.2. The highest BCUT2D eigenvalue weighted by molar-refractivity contribution is 6.28. The number of fused-ring (bicyclic) bond motifs is 2. The van der Waals surface area contributed by atoms with Crippen molar-refractivity contribution in [3.63, 3.8) is 0 Å². The number of aryl methyl sites for hydroxylation is 2. The number of aromatic nitrogens is 4. The van der Waals surface area contributed by atoms with Crippen LogP contribution in [0.2, 0.25) is 5.28 Å². The lowest BCUT2D eigenvalue weighted by Gasteiger charge is -2.24. The standard InChI is InChI=1S/C26H31N3O6.C25H28ClN3O5/c1-14-11-17-18(26(4,5)35-25(17,2)3)13-15(14)12-16-9-10-19(34-16)21(30)27-20-22(31-6)28-24(33-8)29-23(20)32-7;1-13-10-16-17(25(4,5)34-24(16,2)3)12-14(13)11-15-8-9-18(33-15)20(30)27-19-21(31-6)28-23(26)29-22(19)32-7/h9-11,13H,12H2,1-8H3,(H,27,30);8-10,12H,11H2,1-7H3,(H,27,30). The number of amides is 2. The number of rotatable bonds is 13. The molecule has 0 fully saturated rings. The first-order chi connectivity index (χ1) is 32.4. The monoisotopic (exact) mass is 966 g/mol. The topological polar surface area (TPSA) is 201 Å². The molecule has 8 rings (SSSR count). The largest absolute Gasteiger partial charge is 0.479 e. The Balaban J connectivity index is 0.000000204. The van der Waals surface area contributed by atoms with Crippen LogP contribution in [0.5, 0.6) is 29.5 Å². The summed E-state index contributed by atoms with van der Waals surface area (Å²) in [6.45, 7) is 20.9. The molecule has 0 atom stereocenters. The summed E-state index contributed by atoms with van der Waals surface area (Å²) in [5, 5.41) is 5.33. The first kappa shape index (κ1) is 50.2. The van der Waals surface area contributed by atoms with E-state index in [2.05, 4.69) is 124 Å². The van der Waals surface area contributed by atoms with Gasteiger partial charge in [0.2, 0.25) is 28.8 Å². The van der Waals surface area contributed by atoms with Gasteiger partial charge in [-0.25, -0.2) is 0 Å². The average Bonchev–Trinajstić information content (AvgIpc) is 4.04. The minimum atomic E-state index is -0.490. The predicted molar refractivity (Wildman–Crippen MR) is 257 cm³/mol. The van der Waals surface area contributed by atoms with E-state index in [4.69, 9.17) is 53.6 Å². The van der Waals surface area contributed by atoms with Gasteiger partial charge in [0, 0.05) is 12.8 Å². The van der Waals surface area contributed by atoms with Gasteiger partial charge in [-0.05, 0) is 150 Å². The molecule has 0 spiro atoms. The second-order valence-corrected chi connectivity index (χ2v) is 19.0. The number of benzene rings is 2. The Morgan fingerprint density at radius 3 is 1.19 bits per heavy atom. The van der Waals surface area contributed by atoms with Crippen LogP contribution in [0.1, 0.15) is 133 Å². The average molecular weight is 968 g/mol. The minimum absolute atomic E-state index is 0.0543. The normalized spacial score (nSPS) is 15.5. The number of hydrogen-bond acceptors (Lipinski definition) is 15. The first-order valence-electron chi connectivity index (χ1n) is 22.1. The second kappa shape index (κ2) is 19.0. The van der Waals surface area contributed by atoms with E-state index in [0.29, 0.717) is 24.4 Å². The number of carbonyl (C=O) groups is 2. The third-order valence-electron chi connectivity index (χ3n) is 12.1. The van der Waals surface area contributed by atoms with E-state index >= 15 is 0 Å². The zero-order valence-corrected chi connectivity index (χ0v) is 42.4. The minimum Gasteiger partial charge on any atom is -0.479 e. The molecule has 2 aliphatic heterocycles. The van der Waals surface area contributed by atoms with Crippen LogP contribution in [0.4, 0.5) is 11.4 Å². The number of ether oxygens (including phenoxy) is 7. The number of furan rings is 2. The molecule has 366 valence electrons. The smallest absolute Gasteiger partial charge is 0.322 e. The number of nitrogens with one attached hydrogen (secondary N) is 2. The molecule has 69 heavy (non-hydrogen) atoms. The van der Waals surface area contributed by atoms with Crippen LogP contribution in [0.3, 0.4) is 0 Å². The summed E-state index contributed by atoms with van der Waals surface area (Å²) in [6, 6.07) is 15.7. The van der Waals surface area contributed by atoms with E-state index in [1.807, 2.05) is 0 Å². The van der Waals surface area contributed by atoms with Crippen LogP contribution in [0.15, 0.2) is 57.4 Å². The van der Waals surface area contributed by atoms with Gasteiger partial charge in [-0.1, -0.05) is 24.3 Å². The van der Waals surface area contributed by atoms with Crippen LogP contribution in [-0.4, -0.2) is 67.3 Å². The first-order valence-corrected chi connectivity index (χ1v) is 22.5. The SMILES string of the molecule is COc1nc(Cl)nc(OC)c1NC(=O)c1ccc(Cc2cc3c(cc2C)C(C)(C)OC3(C)C)o1.COc1nc(OC)c(NC(=O)c2ccc(Cc3cc4c(cc3C)C(C)(C)OC4(C)C)o2)c(OC)n1. The molecule has 0 aliphatic carbocycles. The zero-order chi connectivity index (χ0) is 50.4. The van der Waals surface area contributed by atoms with Gasteiger partial charge in [-0.2, -0.15) is 19.9 Å². The molecule has 0 saturated heterocycles. The highest BCUT2D eigenvalue weighted by Gasteiger charge is 2.44. The van der Waals surface area contributed by atoms with Gasteiger partial charge in [-0.15, -0.1) is 0 Å². The maximum Gasteiger partial charge on any atom is 0.322 e. The van der Waals surface area contributed by atoms with Crippen molar-refractivity contribution in [2.24, 2.45) is 0 Å². The Bertz CT molecular complexity index is 2890. The van der Waals surface area contributed by atoms with Crippen LogP contribution in [-0.2, 0) is 44.7 Å². The van der Waals surface area contributed by atoms with Gasteiger partial charge >= 0.3 is 6.01 Å². The summed E-state index contributed by atoms with van der Waals surface area (Å²) in [5.41, 5.74) is 8.16. The van der Waals surface area contributed by atoms with Crippen molar-refractivity contribution in [1.29, 1.82) is 0 Å². The highest BCUT2D eigenvalue weighted by Crippen LogP contribution is 2.49. The Labute approximate surface area is 406 Å². The van der Waals surface area contributed by atoms with E-state index in [0.717, 1.165) is 22.3 Å². The number of hydrogen-bond donors (Lipinski definition) is 2. The number of halogens is 1. The quantitative estimate of drug-likeness (QED) is 0.104. The summed E-state index contributed by atoms with van der Waals surface area (Å²) in [4.78, 5) is 41.9. The van der Waals surface area contributed by atoms with Gasteiger partial charge in [0.1, 0.15) is 11.5 Å². The van der Waals surface area contributed by atoms with E-state index in [1.165, 1.54) is 57.8 Å². The van der Waals surface area contributed by atoms with Crippen molar-refractivity contribution in [3.05, 3.63) is 121 Å². The molecular weight excluding hydrogens is 908 g/mol. The Hall–Kier alpha value is -6.69. The molecule has 0 radical (unpaired) electrons. The van der Waals surface area contributed by atoms with E-state index in [1.54, 1.807) is 24.3 Å². The fourth-order valence-corrected chi connectivity index (χ4v) is 9.14. The van der Waals surface area contributed by atoms with Gasteiger partial charge < -0.3 is 52.6 Å². The summed E-state index contributed by atoms with van der Waals surface area (Å²) in [7, 11) is 7.09. The summed E-state index contributed by atoms with van der Waals surface area (Å²) in [5.74, 6) is 1.01. The molecule has 0 bridgehead atoms. The Morgan fingerprint density at radius 2 is 0.855 bits per heavy atom. The lowest BCUT2D eigenvalue weighted by Crippen LogP contribution is -2.22. The van der Waals surface area contributed by atoms with Crippen LogP contribution >= 0.6 is 11.6 Å². The van der Waals surface area contributed by atoms with Crippen molar-refractivity contribution in [2.75, 3.05) is 46.2 Å². The molecule has 18 heteroatoms. The molecule has 2 amide bonds. The number of nitrogens with zero attached hydrogens (tertiary/aromatic N) is 4. The number of methoxy groups -OCH3 is 5. The van der Waals surface area contributed by atoms with Crippen molar-refractivity contribution < 1.29 is 51.6 Å². The van der Waals surface area contributed by atoms with Crippen molar-refractivity contribution in [2.45, 2.75) is 104 Å². The molecule has 17 nitrogen and oxygen atoms in total. The van der Waals surface area contributed by atoms with Gasteiger partial charge in [0.25, 0.3) is 11.8 Å². The highest BCUT2D eigenvalue weighted by atomic mass is 35.5. The van der Waals surface area contributed by atoms with Crippen LogP contribution < -0.4 is 34.3 Å². The fraction of sp³-hybridized carbons (Fsp3) is 0.412. The van der Waals surface area contributed by atoms with Gasteiger partial charge in [0.05, 0.1) is 58.0 Å². The summed E-state index contributed by atoms with van der Waals surface area (Å²) >= 11 is 5.87. The molecular formula is C51H59ClN6O11. The Morgan fingerprint density at radius 1 is 0.522 bits per heavy atom. The summed E-state index contributed by atoms with van der Waals surface area (Å²) in [6.07, 6.45) is 1.08. The Kier molecular flexibility index (Phi) is 13.8. The van der Waals surface area contributed by atoms with E-state index in [9.17, 15) is 9.59 Å². The fourth-order valence-electron chi connectivity index (χ4n) is 8.98. The number of carbonyl (C=O) groups excluding carboxylic acids is 2. The van der Waals surface area contributed by atoms with Crippen LogP contribution in [0.25, 0.3) is 0 Å². The van der Waals surface area contributed by atoms with Crippen molar-refractivity contribution in [1.82, 2.24) is 19.9 Å². The van der Waals surface area contributed by atoms with Crippen molar-refractivity contribution >= 4 is 34.8 Å². The van der Waals surface area contributed by atoms with E-state index < -0.39 is 11.8 Å². The lowest BCUT2D eigenvalue weighted by molar-refractivity contribution is -0.105. The molecule has 0 saturated carbocycles. The van der Waals surface area contributed by atoms with E-state index in [-0.39, 0.29) is 80.1 Å². The molecule has 6 aromatic rings. The van der Waals surface area contributed by atoms with Gasteiger partial charge in [-0.3, -0.25) is 9.59 Å².